The molecule has 0 fully saturated rings. The maximum absolute atomic E-state index is 12.1. The molecule has 106 valence electrons. The third-order valence-electron chi connectivity index (χ3n) is 2.88. The van der Waals surface area contributed by atoms with Gasteiger partial charge in [-0.3, -0.25) is 4.79 Å². The molecule has 1 amide bonds. The molecule has 0 bridgehead atoms. The van der Waals surface area contributed by atoms with E-state index in [0.29, 0.717) is 16.3 Å². The highest BCUT2D eigenvalue weighted by molar-refractivity contribution is 6.30. The van der Waals surface area contributed by atoms with Gasteiger partial charge in [0.15, 0.2) is 0 Å². The number of anilines is 2. The first-order valence-electron chi connectivity index (χ1n) is 6.41. The first-order valence-corrected chi connectivity index (χ1v) is 6.79. The van der Waals surface area contributed by atoms with Crippen molar-refractivity contribution in [1.29, 1.82) is 5.26 Å². The topological polar surface area (TPSA) is 64.9 Å². The van der Waals surface area contributed by atoms with E-state index in [9.17, 15) is 4.79 Å². The highest BCUT2D eigenvalue weighted by Crippen LogP contribution is 2.15. The Hall–Kier alpha value is -2.51. The molecule has 0 aliphatic heterocycles. The molecule has 5 heteroatoms. The molecule has 0 heterocycles. The van der Waals surface area contributed by atoms with Crippen molar-refractivity contribution in [2.24, 2.45) is 0 Å². The van der Waals surface area contributed by atoms with Crippen LogP contribution >= 0.6 is 11.6 Å². The van der Waals surface area contributed by atoms with E-state index in [1.54, 1.807) is 43.3 Å². The fourth-order valence-corrected chi connectivity index (χ4v) is 1.90. The summed E-state index contributed by atoms with van der Waals surface area (Å²) < 4.78 is 0. The predicted octanol–water partition coefficient (Wildman–Crippen LogP) is 3.65. The fraction of sp³-hybridized carbons (Fsp3) is 0.125. The molecule has 21 heavy (non-hydrogen) atoms. The van der Waals surface area contributed by atoms with Crippen LogP contribution in [0.25, 0.3) is 0 Å². The van der Waals surface area contributed by atoms with Gasteiger partial charge in [-0.1, -0.05) is 17.7 Å². The maximum Gasteiger partial charge on any atom is 0.246 e. The van der Waals surface area contributed by atoms with Gasteiger partial charge in [-0.25, -0.2) is 0 Å². The van der Waals surface area contributed by atoms with Crippen LogP contribution in [0, 0.1) is 11.3 Å². The molecule has 0 spiro atoms. The standard InChI is InChI=1S/C16H14ClN3O/c1-11(19-14-7-5-13(17)6-8-14)16(21)20-15-4-2-3-12(9-15)10-18/h2-9,11,19H,1H3,(H,20,21)/t11-/m1/s1. The van der Waals surface area contributed by atoms with Crippen LogP contribution in [-0.4, -0.2) is 11.9 Å². The first-order chi connectivity index (χ1) is 10.1. The Balaban J connectivity index is 1.99. The minimum absolute atomic E-state index is 0.181. The Morgan fingerprint density at radius 3 is 2.57 bits per heavy atom. The van der Waals surface area contributed by atoms with E-state index in [1.165, 1.54) is 0 Å². The van der Waals surface area contributed by atoms with E-state index in [4.69, 9.17) is 16.9 Å². The lowest BCUT2D eigenvalue weighted by Gasteiger charge is -2.15. The van der Waals surface area contributed by atoms with E-state index in [0.717, 1.165) is 5.69 Å². The lowest BCUT2D eigenvalue weighted by molar-refractivity contribution is -0.116. The minimum Gasteiger partial charge on any atom is -0.374 e. The highest BCUT2D eigenvalue weighted by Gasteiger charge is 2.12. The van der Waals surface area contributed by atoms with Gasteiger partial charge in [-0.15, -0.1) is 0 Å². The predicted molar refractivity (Wildman–Crippen MR) is 84.3 cm³/mol. The number of halogens is 1. The van der Waals surface area contributed by atoms with Crippen LogP contribution in [0.3, 0.4) is 0 Å². The van der Waals surface area contributed by atoms with Crippen molar-refractivity contribution in [3.05, 3.63) is 59.1 Å². The van der Waals surface area contributed by atoms with Gasteiger partial charge < -0.3 is 10.6 Å². The SMILES string of the molecule is C[C@@H](Nc1ccc(Cl)cc1)C(=O)Nc1cccc(C#N)c1. The van der Waals surface area contributed by atoms with Crippen molar-refractivity contribution in [2.75, 3.05) is 10.6 Å². The van der Waals surface area contributed by atoms with Crippen molar-refractivity contribution >= 4 is 28.9 Å². The van der Waals surface area contributed by atoms with Gasteiger partial charge >= 0.3 is 0 Å². The molecule has 2 N–H and O–H groups in total. The number of nitrogens with one attached hydrogen (secondary N) is 2. The summed E-state index contributed by atoms with van der Waals surface area (Å²) in [6.07, 6.45) is 0. The summed E-state index contributed by atoms with van der Waals surface area (Å²) in [6.45, 7) is 1.76. The molecule has 0 radical (unpaired) electrons. The van der Waals surface area contributed by atoms with E-state index in [1.807, 2.05) is 18.2 Å². The van der Waals surface area contributed by atoms with Gasteiger partial charge in [0.2, 0.25) is 5.91 Å². The summed E-state index contributed by atoms with van der Waals surface area (Å²) in [5.74, 6) is -0.181. The second kappa shape index (κ2) is 6.78. The van der Waals surface area contributed by atoms with Gasteiger partial charge in [0.05, 0.1) is 11.6 Å². The Bertz CT molecular complexity index is 677. The molecular weight excluding hydrogens is 286 g/mol. The molecule has 0 saturated carbocycles. The fourth-order valence-electron chi connectivity index (χ4n) is 1.78. The molecule has 0 aliphatic carbocycles. The highest BCUT2D eigenvalue weighted by atomic mass is 35.5. The Morgan fingerprint density at radius 2 is 1.90 bits per heavy atom. The van der Waals surface area contributed by atoms with Crippen LogP contribution in [-0.2, 0) is 4.79 Å². The number of nitriles is 1. The van der Waals surface area contributed by atoms with Gasteiger partial charge in [0, 0.05) is 16.4 Å². The maximum atomic E-state index is 12.1. The van der Waals surface area contributed by atoms with Crippen LogP contribution in [0.5, 0.6) is 0 Å². The molecular formula is C16H14ClN3O. The lowest BCUT2D eigenvalue weighted by Crippen LogP contribution is -2.31. The molecule has 1 atom stereocenters. The van der Waals surface area contributed by atoms with Crippen LogP contribution in [0.1, 0.15) is 12.5 Å². The molecule has 4 nitrogen and oxygen atoms in total. The summed E-state index contributed by atoms with van der Waals surface area (Å²) in [5, 5.41) is 15.3. The second-order valence-electron chi connectivity index (χ2n) is 4.55. The molecule has 2 rings (SSSR count). The smallest absolute Gasteiger partial charge is 0.246 e. The molecule has 2 aromatic rings. The van der Waals surface area contributed by atoms with E-state index in [2.05, 4.69) is 10.6 Å². The van der Waals surface area contributed by atoms with Crippen molar-refractivity contribution < 1.29 is 4.79 Å². The monoisotopic (exact) mass is 299 g/mol. The van der Waals surface area contributed by atoms with Crippen molar-refractivity contribution in [1.82, 2.24) is 0 Å². The number of carbonyl (C=O) groups is 1. The number of carbonyl (C=O) groups excluding carboxylic acids is 1. The second-order valence-corrected chi connectivity index (χ2v) is 4.99. The summed E-state index contributed by atoms with van der Waals surface area (Å²) in [6, 6.07) is 15.5. The largest absolute Gasteiger partial charge is 0.374 e. The number of amides is 1. The van der Waals surface area contributed by atoms with Gasteiger partial charge in [-0.05, 0) is 49.4 Å². The van der Waals surface area contributed by atoms with Crippen molar-refractivity contribution in [2.45, 2.75) is 13.0 Å². The number of hydrogen-bond donors (Lipinski definition) is 2. The Morgan fingerprint density at radius 1 is 1.19 bits per heavy atom. The molecule has 2 aromatic carbocycles. The Labute approximate surface area is 128 Å². The Kier molecular flexibility index (Phi) is 4.81. The van der Waals surface area contributed by atoms with Crippen molar-refractivity contribution in [3.63, 3.8) is 0 Å². The zero-order valence-corrected chi connectivity index (χ0v) is 12.2. The van der Waals surface area contributed by atoms with Crippen molar-refractivity contribution in [3.8, 4) is 6.07 Å². The molecule has 0 saturated heterocycles. The number of benzene rings is 2. The third kappa shape index (κ3) is 4.23. The first kappa shape index (κ1) is 14.9. The van der Waals surface area contributed by atoms with Crippen LogP contribution in [0.15, 0.2) is 48.5 Å². The van der Waals surface area contributed by atoms with Crippen LogP contribution in [0.4, 0.5) is 11.4 Å². The van der Waals surface area contributed by atoms with Crippen LogP contribution < -0.4 is 10.6 Å². The average Bonchev–Trinajstić information content (AvgIpc) is 2.49. The van der Waals surface area contributed by atoms with Gasteiger partial charge in [0.25, 0.3) is 0 Å². The summed E-state index contributed by atoms with van der Waals surface area (Å²) >= 11 is 5.81. The zero-order chi connectivity index (χ0) is 15.2. The molecule has 0 aromatic heterocycles. The van der Waals surface area contributed by atoms with E-state index >= 15 is 0 Å². The van der Waals surface area contributed by atoms with Gasteiger partial charge in [-0.2, -0.15) is 5.26 Å². The summed E-state index contributed by atoms with van der Waals surface area (Å²) in [4.78, 5) is 12.1. The van der Waals surface area contributed by atoms with Gasteiger partial charge in [0.1, 0.15) is 6.04 Å². The van der Waals surface area contributed by atoms with E-state index in [-0.39, 0.29) is 5.91 Å². The molecule has 0 aliphatic rings. The quantitative estimate of drug-likeness (QED) is 0.905. The zero-order valence-electron chi connectivity index (χ0n) is 11.4. The minimum atomic E-state index is -0.420. The van der Waals surface area contributed by atoms with Crippen LogP contribution in [0.2, 0.25) is 5.02 Å². The summed E-state index contributed by atoms with van der Waals surface area (Å²) in [7, 11) is 0. The number of rotatable bonds is 4. The average molecular weight is 300 g/mol. The number of hydrogen-bond acceptors (Lipinski definition) is 3. The summed E-state index contributed by atoms with van der Waals surface area (Å²) in [5.41, 5.74) is 1.92. The third-order valence-corrected chi connectivity index (χ3v) is 3.13. The number of nitrogens with zero attached hydrogens (tertiary/aromatic N) is 1. The lowest BCUT2D eigenvalue weighted by atomic mass is 10.2. The normalized spacial score (nSPS) is 11.3. The van der Waals surface area contributed by atoms with E-state index < -0.39 is 6.04 Å². The molecule has 0 unspecified atom stereocenters.